The normalized spacial score (nSPS) is 10.9. The molecule has 0 bridgehead atoms. The number of hydrogen-bond acceptors (Lipinski definition) is 4. The molecule has 0 unspecified atom stereocenters. The molecule has 0 radical (unpaired) electrons. The third-order valence-electron chi connectivity index (χ3n) is 2.51. The van der Waals surface area contributed by atoms with Gasteiger partial charge in [0.25, 0.3) is 5.69 Å². The fourth-order valence-electron chi connectivity index (χ4n) is 1.60. The van der Waals surface area contributed by atoms with Crippen LogP contribution < -0.4 is 10.9 Å². The molecule has 0 heterocycles. The van der Waals surface area contributed by atoms with Gasteiger partial charge in [0.1, 0.15) is 10.8 Å². The van der Waals surface area contributed by atoms with Crippen LogP contribution >= 0.6 is 11.6 Å². The summed E-state index contributed by atoms with van der Waals surface area (Å²) >= 11 is 6.01. The fraction of sp³-hybridized carbons (Fsp3) is 0. The van der Waals surface area contributed by atoms with E-state index < -0.39 is 4.92 Å². The molecule has 0 saturated carbocycles. The van der Waals surface area contributed by atoms with E-state index >= 15 is 0 Å². The lowest BCUT2D eigenvalue weighted by molar-refractivity contribution is -0.384. The number of benzene rings is 2. The standard InChI is InChI=1S/C14H12ClN3O2/c15-14(10-11-6-2-1-3-7-11)17-16-12-8-4-5-9-13(12)18(19)20/h1-10,16-17H/b14-10+. The molecular formula is C14H12ClN3O2. The molecule has 2 aromatic carbocycles. The van der Waals surface area contributed by atoms with E-state index in [9.17, 15) is 10.1 Å². The maximum atomic E-state index is 10.8. The number of nitro benzene ring substituents is 1. The molecule has 0 fully saturated rings. The van der Waals surface area contributed by atoms with Gasteiger partial charge in [-0.05, 0) is 17.7 Å². The number of rotatable bonds is 5. The molecule has 102 valence electrons. The highest BCUT2D eigenvalue weighted by molar-refractivity contribution is 6.31. The van der Waals surface area contributed by atoms with Gasteiger partial charge in [-0.25, -0.2) is 0 Å². The Morgan fingerprint density at radius 1 is 1.10 bits per heavy atom. The molecule has 0 spiro atoms. The van der Waals surface area contributed by atoms with Gasteiger partial charge < -0.3 is 0 Å². The minimum absolute atomic E-state index is 0.0239. The van der Waals surface area contributed by atoms with Crippen LogP contribution in [-0.2, 0) is 0 Å². The van der Waals surface area contributed by atoms with E-state index in [0.29, 0.717) is 10.8 Å². The average Bonchev–Trinajstić information content (AvgIpc) is 2.46. The molecular weight excluding hydrogens is 278 g/mol. The van der Waals surface area contributed by atoms with Crippen molar-refractivity contribution in [2.24, 2.45) is 0 Å². The lowest BCUT2D eigenvalue weighted by Gasteiger charge is -2.08. The first-order valence-corrected chi connectivity index (χ1v) is 6.22. The molecule has 0 aliphatic carbocycles. The number of nitrogens with zero attached hydrogens (tertiary/aromatic N) is 1. The van der Waals surface area contributed by atoms with Crippen molar-refractivity contribution in [1.29, 1.82) is 0 Å². The summed E-state index contributed by atoms with van der Waals surface area (Å²) in [5, 5.41) is 11.2. The third-order valence-corrected chi connectivity index (χ3v) is 2.71. The number of nitrogens with one attached hydrogen (secondary N) is 2. The van der Waals surface area contributed by atoms with Gasteiger partial charge >= 0.3 is 0 Å². The lowest BCUT2D eigenvalue weighted by atomic mass is 10.2. The molecule has 20 heavy (non-hydrogen) atoms. The van der Waals surface area contributed by atoms with Crippen molar-refractivity contribution < 1.29 is 4.92 Å². The molecule has 2 rings (SSSR count). The fourth-order valence-corrected chi connectivity index (χ4v) is 1.77. The van der Waals surface area contributed by atoms with Crippen LogP contribution in [0.5, 0.6) is 0 Å². The van der Waals surface area contributed by atoms with E-state index in [2.05, 4.69) is 10.9 Å². The van der Waals surface area contributed by atoms with E-state index in [1.54, 1.807) is 24.3 Å². The maximum Gasteiger partial charge on any atom is 0.294 e. The third kappa shape index (κ3) is 3.73. The van der Waals surface area contributed by atoms with Crippen LogP contribution in [0.2, 0.25) is 0 Å². The van der Waals surface area contributed by atoms with Crippen LogP contribution in [0.1, 0.15) is 5.56 Å². The summed E-state index contributed by atoms with van der Waals surface area (Å²) < 4.78 is 0. The molecule has 5 nitrogen and oxygen atoms in total. The number of halogens is 1. The summed E-state index contributed by atoms with van der Waals surface area (Å²) in [6, 6.07) is 15.8. The van der Waals surface area contributed by atoms with Crippen molar-refractivity contribution in [3.05, 3.63) is 75.4 Å². The Morgan fingerprint density at radius 2 is 1.75 bits per heavy atom. The first-order valence-electron chi connectivity index (χ1n) is 5.84. The van der Waals surface area contributed by atoms with E-state index in [1.807, 2.05) is 30.3 Å². The molecule has 0 saturated heterocycles. The van der Waals surface area contributed by atoms with E-state index in [0.717, 1.165) is 5.56 Å². The maximum absolute atomic E-state index is 10.8. The van der Waals surface area contributed by atoms with Crippen molar-refractivity contribution in [2.75, 3.05) is 5.43 Å². The Morgan fingerprint density at radius 3 is 2.45 bits per heavy atom. The van der Waals surface area contributed by atoms with Crippen LogP contribution in [0.4, 0.5) is 11.4 Å². The zero-order valence-electron chi connectivity index (χ0n) is 10.4. The number of hydrazine groups is 1. The van der Waals surface area contributed by atoms with E-state index in [1.165, 1.54) is 6.07 Å². The average molecular weight is 290 g/mol. The van der Waals surface area contributed by atoms with Crippen LogP contribution in [0, 0.1) is 10.1 Å². The van der Waals surface area contributed by atoms with Crippen LogP contribution in [0.25, 0.3) is 6.08 Å². The summed E-state index contributed by atoms with van der Waals surface area (Å²) in [5.41, 5.74) is 6.68. The molecule has 0 amide bonds. The second-order valence-corrected chi connectivity index (χ2v) is 4.33. The van der Waals surface area contributed by atoms with Gasteiger partial charge in [-0.15, -0.1) is 0 Å². The smallest absolute Gasteiger partial charge is 0.294 e. The molecule has 0 aliphatic rings. The Balaban J connectivity index is 2.06. The number of anilines is 1. The highest BCUT2D eigenvalue weighted by Crippen LogP contribution is 2.22. The SMILES string of the molecule is O=[N+]([O-])c1ccccc1NN/C(Cl)=C/c1ccccc1. The number of nitro groups is 1. The molecule has 0 atom stereocenters. The Kier molecular flexibility index (Phi) is 4.57. The largest absolute Gasteiger partial charge is 0.294 e. The lowest BCUT2D eigenvalue weighted by Crippen LogP contribution is -2.18. The summed E-state index contributed by atoms with van der Waals surface area (Å²) in [7, 11) is 0. The van der Waals surface area contributed by atoms with Crippen LogP contribution in [0.3, 0.4) is 0 Å². The zero-order valence-corrected chi connectivity index (χ0v) is 11.2. The molecule has 6 heteroatoms. The first-order chi connectivity index (χ1) is 9.66. The Hall–Kier alpha value is -2.53. The minimum Gasteiger partial charge on any atom is -0.294 e. The van der Waals surface area contributed by atoms with Crippen molar-refractivity contribution in [2.45, 2.75) is 0 Å². The number of hydrogen-bond donors (Lipinski definition) is 2. The van der Waals surface area contributed by atoms with Gasteiger partial charge in [0.05, 0.1) is 4.92 Å². The van der Waals surface area contributed by atoms with Crippen molar-refractivity contribution >= 4 is 29.1 Å². The topological polar surface area (TPSA) is 67.2 Å². The predicted molar refractivity (Wildman–Crippen MR) is 80.1 cm³/mol. The van der Waals surface area contributed by atoms with E-state index in [4.69, 9.17) is 11.6 Å². The second-order valence-electron chi connectivity index (χ2n) is 3.93. The quantitative estimate of drug-likeness (QED) is 0.500. The molecule has 0 aromatic heterocycles. The Bertz CT molecular complexity index is 629. The van der Waals surface area contributed by atoms with Gasteiger partial charge in [0, 0.05) is 6.07 Å². The van der Waals surface area contributed by atoms with Crippen molar-refractivity contribution in [1.82, 2.24) is 5.43 Å². The second kappa shape index (κ2) is 6.58. The summed E-state index contributed by atoms with van der Waals surface area (Å²) in [4.78, 5) is 10.4. The van der Waals surface area contributed by atoms with Crippen molar-refractivity contribution in [3.8, 4) is 0 Å². The molecule has 0 aliphatic heterocycles. The predicted octanol–water partition coefficient (Wildman–Crippen LogP) is 3.75. The van der Waals surface area contributed by atoms with E-state index in [-0.39, 0.29) is 5.69 Å². The molecule has 2 aromatic rings. The van der Waals surface area contributed by atoms with Crippen LogP contribution in [-0.4, -0.2) is 4.92 Å². The zero-order chi connectivity index (χ0) is 14.4. The first kappa shape index (κ1) is 13.9. The van der Waals surface area contributed by atoms with Gasteiger partial charge in [-0.1, -0.05) is 54.1 Å². The monoisotopic (exact) mass is 289 g/mol. The Labute approximate surface area is 121 Å². The highest BCUT2D eigenvalue weighted by Gasteiger charge is 2.11. The minimum atomic E-state index is -0.459. The number of para-hydroxylation sites is 2. The van der Waals surface area contributed by atoms with Gasteiger partial charge in [0.15, 0.2) is 0 Å². The van der Waals surface area contributed by atoms with Crippen LogP contribution in [0.15, 0.2) is 59.8 Å². The summed E-state index contributed by atoms with van der Waals surface area (Å²) in [6.07, 6.45) is 1.71. The summed E-state index contributed by atoms with van der Waals surface area (Å²) in [6.45, 7) is 0. The van der Waals surface area contributed by atoms with Gasteiger partial charge in [0.2, 0.25) is 0 Å². The van der Waals surface area contributed by atoms with Crippen molar-refractivity contribution in [3.63, 3.8) is 0 Å². The van der Waals surface area contributed by atoms with Gasteiger partial charge in [-0.3, -0.25) is 21.0 Å². The highest BCUT2D eigenvalue weighted by atomic mass is 35.5. The van der Waals surface area contributed by atoms with Gasteiger partial charge in [-0.2, -0.15) is 0 Å². The molecule has 2 N–H and O–H groups in total. The summed E-state index contributed by atoms with van der Waals surface area (Å²) in [5.74, 6) is 0.